The molecular formula is C24H35FO. The fraction of sp³-hybridized carbons (Fsp3) is 0.667. The maximum absolute atomic E-state index is 14.6. The van der Waals surface area contributed by atoms with Crippen molar-refractivity contribution < 1.29 is 9.13 Å². The number of allylic oxidation sites excluding steroid dienone is 1. The molecule has 0 bridgehead atoms. The lowest BCUT2D eigenvalue weighted by Gasteiger charge is -2.37. The zero-order valence-corrected chi connectivity index (χ0v) is 16.4. The first-order valence-corrected chi connectivity index (χ1v) is 10.7. The molecule has 0 amide bonds. The van der Waals surface area contributed by atoms with Crippen LogP contribution in [0.25, 0.3) is 0 Å². The molecule has 0 atom stereocenters. The fourth-order valence-electron chi connectivity index (χ4n) is 5.08. The minimum Gasteiger partial charge on any atom is -0.377 e. The predicted molar refractivity (Wildman–Crippen MR) is 107 cm³/mol. The predicted octanol–water partition coefficient (Wildman–Crippen LogP) is 7.02. The normalized spacial score (nSPS) is 29.5. The maximum atomic E-state index is 14.6. The Hall–Kier alpha value is -1.15. The first-order chi connectivity index (χ1) is 12.7. The third-order valence-electron chi connectivity index (χ3n) is 6.71. The minimum atomic E-state index is -0.0301. The molecule has 1 nitrogen and oxygen atoms in total. The molecule has 3 rings (SSSR count). The van der Waals surface area contributed by atoms with Gasteiger partial charge in [-0.15, -0.1) is 6.58 Å². The molecule has 144 valence electrons. The smallest absolute Gasteiger partial charge is 0.127 e. The second kappa shape index (κ2) is 9.69. The van der Waals surface area contributed by atoms with Gasteiger partial charge in [-0.05, 0) is 98.7 Å². The van der Waals surface area contributed by atoms with Crippen molar-refractivity contribution in [2.75, 3.05) is 6.61 Å². The molecule has 2 fully saturated rings. The average molecular weight is 359 g/mol. The Labute approximate surface area is 159 Å². The van der Waals surface area contributed by atoms with Gasteiger partial charge in [0.25, 0.3) is 0 Å². The lowest BCUT2D eigenvalue weighted by molar-refractivity contribution is 0.121. The number of hydrogen-bond acceptors (Lipinski definition) is 1. The van der Waals surface area contributed by atoms with Gasteiger partial charge in [0.15, 0.2) is 0 Å². The molecule has 1 aromatic rings. The first-order valence-electron chi connectivity index (χ1n) is 10.7. The van der Waals surface area contributed by atoms with Crippen LogP contribution in [-0.2, 0) is 11.3 Å². The first kappa shape index (κ1) is 19.6. The van der Waals surface area contributed by atoms with Gasteiger partial charge in [-0.1, -0.05) is 25.1 Å². The number of halogens is 1. The molecule has 2 aliphatic rings. The largest absolute Gasteiger partial charge is 0.377 e. The van der Waals surface area contributed by atoms with Crippen LogP contribution in [0.1, 0.15) is 81.8 Å². The summed E-state index contributed by atoms with van der Waals surface area (Å²) in [5.74, 6) is 2.88. The quantitative estimate of drug-likeness (QED) is 0.376. The van der Waals surface area contributed by atoms with E-state index in [1.807, 2.05) is 6.07 Å². The highest BCUT2D eigenvalue weighted by Crippen LogP contribution is 2.44. The summed E-state index contributed by atoms with van der Waals surface area (Å²) in [7, 11) is 0. The number of rotatable bonds is 7. The standard InChI is InChI=1S/C24H35FO/c1-3-15-26-17-19-7-14-23(24(25)16-19)22-12-10-21(11-13-22)20-8-5-18(4-2)6-9-20/h4,7,14,16,18,20-22H,2-3,5-6,8-13,15,17H2,1H3/t18-,20-,21-,22-. The summed E-state index contributed by atoms with van der Waals surface area (Å²) < 4.78 is 20.1. The van der Waals surface area contributed by atoms with Crippen molar-refractivity contribution in [3.8, 4) is 0 Å². The molecule has 0 aliphatic heterocycles. The van der Waals surface area contributed by atoms with Gasteiger partial charge in [0.1, 0.15) is 5.82 Å². The molecule has 2 saturated carbocycles. The van der Waals surface area contributed by atoms with Crippen LogP contribution in [0, 0.1) is 23.6 Å². The Morgan fingerprint density at radius 3 is 2.27 bits per heavy atom. The fourth-order valence-corrected chi connectivity index (χ4v) is 5.08. The van der Waals surface area contributed by atoms with Crippen LogP contribution in [0.15, 0.2) is 30.9 Å². The topological polar surface area (TPSA) is 9.23 Å². The minimum absolute atomic E-state index is 0.0301. The molecule has 0 N–H and O–H groups in total. The highest BCUT2D eigenvalue weighted by atomic mass is 19.1. The number of benzene rings is 1. The van der Waals surface area contributed by atoms with Gasteiger partial charge in [-0.25, -0.2) is 4.39 Å². The highest BCUT2D eigenvalue weighted by Gasteiger charge is 2.31. The average Bonchev–Trinajstić information content (AvgIpc) is 2.69. The summed E-state index contributed by atoms with van der Waals surface area (Å²) in [5, 5.41) is 0. The number of ether oxygens (including phenoxy) is 1. The summed E-state index contributed by atoms with van der Waals surface area (Å²) >= 11 is 0. The summed E-state index contributed by atoms with van der Waals surface area (Å²) in [4.78, 5) is 0. The van der Waals surface area contributed by atoms with E-state index in [1.54, 1.807) is 6.07 Å². The zero-order chi connectivity index (χ0) is 18.4. The SMILES string of the molecule is C=C[C@H]1CC[C@H]([C@H]2CC[C@H](c3ccc(COCCC)cc3F)CC2)CC1. The van der Waals surface area contributed by atoms with Gasteiger partial charge >= 0.3 is 0 Å². The second-order valence-electron chi connectivity index (χ2n) is 8.43. The van der Waals surface area contributed by atoms with Crippen LogP contribution >= 0.6 is 0 Å². The molecule has 2 aliphatic carbocycles. The van der Waals surface area contributed by atoms with Crippen LogP contribution in [0.3, 0.4) is 0 Å². The Morgan fingerprint density at radius 1 is 1.04 bits per heavy atom. The third-order valence-corrected chi connectivity index (χ3v) is 6.71. The molecule has 26 heavy (non-hydrogen) atoms. The summed E-state index contributed by atoms with van der Waals surface area (Å²) in [5.41, 5.74) is 1.88. The van der Waals surface area contributed by atoms with Crippen LogP contribution < -0.4 is 0 Å². The van der Waals surface area contributed by atoms with Crippen LogP contribution in [0.4, 0.5) is 4.39 Å². The highest BCUT2D eigenvalue weighted by molar-refractivity contribution is 5.27. The van der Waals surface area contributed by atoms with E-state index in [0.29, 0.717) is 12.5 Å². The van der Waals surface area contributed by atoms with Gasteiger partial charge in [-0.3, -0.25) is 0 Å². The van der Waals surface area contributed by atoms with Crippen LogP contribution in [0.5, 0.6) is 0 Å². The molecule has 0 spiro atoms. The van der Waals surface area contributed by atoms with E-state index in [-0.39, 0.29) is 5.82 Å². The van der Waals surface area contributed by atoms with Crippen molar-refractivity contribution in [3.63, 3.8) is 0 Å². The molecule has 0 aromatic heterocycles. The van der Waals surface area contributed by atoms with Gasteiger partial charge < -0.3 is 4.74 Å². The molecule has 0 unspecified atom stereocenters. The Morgan fingerprint density at radius 2 is 1.69 bits per heavy atom. The number of hydrogen-bond donors (Lipinski definition) is 0. The van der Waals surface area contributed by atoms with Gasteiger partial charge in [0, 0.05) is 6.61 Å². The van der Waals surface area contributed by atoms with Crippen molar-refractivity contribution in [3.05, 3.63) is 47.8 Å². The molecule has 1 aromatic carbocycles. The summed E-state index contributed by atoms with van der Waals surface area (Å²) in [6, 6.07) is 5.75. The third kappa shape index (κ3) is 4.97. The Balaban J connectivity index is 1.51. The molecule has 0 radical (unpaired) electrons. The summed E-state index contributed by atoms with van der Waals surface area (Å²) in [6.45, 7) is 7.30. The molecule has 0 saturated heterocycles. The van der Waals surface area contributed by atoms with Crippen molar-refractivity contribution in [2.45, 2.75) is 77.2 Å². The van der Waals surface area contributed by atoms with E-state index < -0.39 is 0 Å². The van der Waals surface area contributed by atoms with Crippen LogP contribution in [-0.4, -0.2) is 6.61 Å². The van der Waals surface area contributed by atoms with E-state index in [0.717, 1.165) is 54.7 Å². The lowest BCUT2D eigenvalue weighted by atomic mass is 9.68. The molecular weight excluding hydrogens is 323 g/mol. The summed E-state index contributed by atoms with van der Waals surface area (Å²) in [6.07, 6.45) is 13.4. The molecule has 2 heteroatoms. The zero-order valence-electron chi connectivity index (χ0n) is 16.4. The van der Waals surface area contributed by atoms with E-state index in [2.05, 4.69) is 25.6 Å². The van der Waals surface area contributed by atoms with Crippen LogP contribution in [0.2, 0.25) is 0 Å². The van der Waals surface area contributed by atoms with Crippen molar-refractivity contribution in [1.82, 2.24) is 0 Å². The van der Waals surface area contributed by atoms with E-state index in [9.17, 15) is 4.39 Å². The van der Waals surface area contributed by atoms with Crippen molar-refractivity contribution in [1.29, 1.82) is 0 Å². The maximum Gasteiger partial charge on any atom is 0.127 e. The second-order valence-corrected chi connectivity index (χ2v) is 8.43. The van der Waals surface area contributed by atoms with Crippen molar-refractivity contribution in [2.24, 2.45) is 17.8 Å². The monoisotopic (exact) mass is 358 g/mol. The Bertz CT molecular complexity index is 566. The van der Waals surface area contributed by atoms with Crippen molar-refractivity contribution >= 4 is 0 Å². The van der Waals surface area contributed by atoms with Gasteiger partial charge in [-0.2, -0.15) is 0 Å². The van der Waals surface area contributed by atoms with Gasteiger partial charge in [0.2, 0.25) is 0 Å². The van der Waals surface area contributed by atoms with E-state index >= 15 is 0 Å². The van der Waals surface area contributed by atoms with E-state index in [1.165, 1.54) is 38.5 Å². The van der Waals surface area contributed by atoms with E-state index in [4.69, 9.17) is 4.74 Å². The van der Waals surface area contributed by atoms with Gasteiger partial charge in [0.05, 0.1) is 6.61 Å². The molecule has 0 heterocycles. The Kier molecular flexibility index (Phi) is 7.31. The lowest BCUT2D eigenvalue weighted by Crippen LogP contribution is -2.25.